The molecule has 2 amide bonds. The van der Waals surface area contributed by atoms with E-state index < -0.39 is 64.9 Å². The number of hydrogen-bond acceptors (Lipinski definition) is 18. The van der Waals surface area contributed by atoms with E-state index in [4.69, 9.17) is 28.4 Å². The number of allylic oxidation sites excluding steroid dienone is 2. The Balaban J connectivity index is 1.20. The number of amides is 2. The van der Waals surface area contributed by atoms with Crippen molar-refractivity contribution in [3.63, 3.8) is 0 Å². The molecule has 0 radical (unpaired) electrons. The lowest BCUT2D eigenvalue weighted by Crippen LogP contribution is -2.30. The minimum absolute atomic E-state index is 0.0649. The van der Waals surface area contributed by atoms with Crippen molar-refractivity contribution >= 4 is 89.9 Å². The molecule has 0 aliphatic heterocycles. The van der Waals surface area contributed by atoms with E-state index in [0.717, 1.165) is 12.2 Å². The maximum Gasteiger partial charge on any atom is 0.314 e. The summed E-state index contributed by atoms with van der Waals surface area (Å²) in [5.41, 5.74) is 3.71. The topological polar surface area (TPSA) is 305 Å². The number of nitrogens with one attached hydrogen (secondary N) is 4. The first-order chi connectivity index (χ1) is 30.3. The number of carbonyl (C=O) groups is 4. The van der Waals surface area contributed by atoms with Crippen LogP contribution in [0.15, 0.2) is 80.7 Å². The van der Waals surface area contributed by atoms with Crippen LogP contribution in [0.3, 0.4) is 0 Å². The number of methoxy groups -OCH3 is 6. The number of carbonyl (C=O) groups excluding carboxylic acids is 4. The van der Waals surface area contributed by atoms with Gasteiger partial charge in [-0.2, -0.15) is 27.0 Å². The highest BCUT2D eigenvalue weighted by Crippen LogP contribution is 2.41. The van der Waals surface area contributed by atoms with Crippen molar-refractivity contribution in [2.45, 2.75) is 0 Å². The smallest absolute Gasteiger partial charge is 0.314 e. The Morgan fingerprint density at radius 2 is 0.828 bits per heavy atom. The fourth-order valence-electron chi connectivity index (χ4n) is 6.34. The number of ether oxygens (including phenoxy) is 6. The normalized spacial score (nSPS) is 14.6. The van der Waals surface area contributed by atoms with E-state index in [1.165, 1.54) is 103 Å². The van der Waals surface area contributed by atoms with Gasteiger partial charge in [0.2, 0.25) is 23.1 Å². The molecule has 4 aromatic rings. The molecule has 2 aliphatic carbocycles. The van der Waals surface area contributed by atoms with Gasteiger partial charge in [-0.05, 0) is 59.7 Å². The molecule has 4 aromatic carbocycles. The van der Waals surface area contributed by atoms with Crippen LogP contribution in [0.2, 0.25) is 0 Å². The van der Waals surface area contributed by atoms with Crippen LogP contribution >= 0.6 is 0 Å². The van der Waals surface area contributed by atoms with E-state index in [1.807, 2.05) is 0 Å². The number of nitrogens with zero attached hydrogens (tertiary/aromatic N) is 2. The second kappa shape index (κ2) is 18.3. The lowest BCUT2D eigenvalue weighted by Gasteiger charge is -2.18. The molecule has 0 spiro atoms. The van der Waals surface area contributed by atoms with Gasteiger partial charge in [-0.15, -0.1) is 0 Å². The maximum atomic E-state index is 13.6. The zero-order chi connectivity index (χ0) is 46.7. The van der Waals surface area contributed by atoms with Crippen LogP contribution in [0.4, 0.5) is 22.7 Å². The molecular weight excluding hydrogens is 885 g/mol. The van der Waals surface area contributed by atoms with Crippen molar-refractivity contribution in [1.82, 2.24) is 0 Å². The van der Waals surface area contributed by atoms with Crippen LogP contribution in [0.25, 0.3) is 12.2 Å². The summed E-state index contributed by atoms with van der Waals surface area (Å²) in [6.45, 7) is 0. The molecule has 6 rings (SSSR count). The van der Waals surface area contributed by atoms with E-state index in [2.05, 4.69) is 31.7 Å². The summed E-state index contributed by atoms with van der Waals surface area (Å²) in [5.74, 6) is -2.97. The van der Waals surface area contributed by atoms with Crippen LogP contribution in [-0.4, -0.2) is 103 Å². The Bertz CT molecular complexity index is 2750. The van der Waals surface area contributed by atoms with Crippen molar-refractivity contribution in [1.29, 1.82) is 0 Å². The first kappa shape index (κ1) is 45.7. The summed E-state index contributed by atoms with van der Waals surface area (Å²) in [4.78, 5) is 51.4. The Morgan fingerprint density at radius 1 is 0.500 bits per heavy atom. The molecule has 0 unspecified atom stereocenters. The summed E-state index contributed by atoms with van der Waals surface area (Å²) in [5, 5.41) is 12.5. The molecule has 0 fully saturated rings. The van der Waals surface area contributed by atoms with E-state index in [-0.39, 0.29) is 79.5 Å². The first-order valence-electron chi connectivity index (χ1n) is 18.0. The van der Waals surface area contributed by atoms with E-state index in [1.54, 1.807) is 0 Å². The molecule has 0 aromatic heterocycles. The third-order valence-corrected chi connectivity index (χ3v) is 11.0. The third-order valence-electron chi connectivity index (χ3n) is 9.26. The minimum atomic E-state index is -5.07. The number of anilines is 4. The van der Waals surface area contributed by atoms with Gasteiger partial charge in [0.25, 0.3) is 20.2 Å². The van der Waals surface area contributed by atoms with Gasteiger partial charge in [0.15, 0.2) is 34.4 Å². The predicted octanol–water partition coefficient (Wildman–Crippen LogP) is 4.10. The van der Waals surface area contributed by atoms with Crippen molar-refractivity contribution < 1.29 is 73.5 Å². The average molecular weight is 921 g/mol. The number of ketones is 2. The van der Waals surface area contributed by atoms with Crippen molar-refractivity contribution in [3.05, 3.63) is 92.7 Å². The van der Waals surface area contributed by atoms with Gasteiger partial charge in [-0.1, -0.05) is 0 Å². The Hall–Kier alpha value is -7.80. The summed E-state index contributed by atoms with van der Waals surface area (Å²) in [6, 6.07) is 13.1. The lowest BCUT2D eigenvalue weighted by atomic mass is 9.94. The Kier molecular flexibility index (Phi) is 13.1. The van der Waals surface area contributed by atoms with Crippen LogP contribution in [0, 0.1) is 0 Å². The Labute approximate surface area is 364 Å². The van der Waals surface area contributed by atoms with Crippen molar-refractivity contribution in [2.75, 3.05) is 64.1 Å². The van der Waals surface area contributed by atoms with Crippen LogP contribution in [-0.2, 0) is 29.8 Å². The highest BCUT2D eigenvalue weighted by molar-refractivity contribution is 7.91. The van der Waals surface area contributed by atoms with Gasteiger partial charge in [-0.25, -0.2) is 0 Å². The number of benzene rings is 4. The zero-order valence-electron chi connectivity index (χ0n) is 34.2. The van der Waals surface area contributed by atoms with Gasteiger partial charge >= 0.3 is 11.8 Å². The van der Waals surface area contributed by atoms with E-state index in [0.29, 0.717) is 0 Å². The number of fused-ring (bicyclic) bond motifs is 2. The largest absolute Gasteiger partial charge is 0.493 e. The summed E-state index contributed by atoms with van der Waals surface area (Å²) < 4.78 is 102. The quantitative estimate of drug-likeness (QED) is 0.0589. The Morgan fingerprint density at radius 3 is 1.11 bits per heavy atom. The number of hydrogen-bond donors (Lipinski definition) is 6. The van der Waals surface area contributed by atoms with Gasteiger partial charge < -0.3 is 39.1 Å². The van der Waals surface area contributed by atoms with Crippen LogP contribution in [0.5, 0.6) is 34.5 Å². The average Bonchev–Trinajstić information content (AvgIpc) is 3.26. The van der Waals surface area contributed by atoms with Gasteiger partial charge in [0.05, 0.1) is 54.0 Å². The number of Topliss-reactive ketones (excluding diaryl/α,β-unsaturated/α-hetero) is 2. The molecule has 2 aliphatic rings. The van der Waals surface area contributed by atoms with Crippen LogP contribution in [0.1, 0.15) is 31.8 Å². The predicted molar refractivity (Wildman–Crippen MR) is 232 cm³/mol. The van der Waals surface area contributed by atoms with Gasteiger partial charge in [0.1, 0.15) is 9.81 Å². The molecule has 24 heteroatoms. The fraction of sp³-hybridized carbons (Fsp3) is 0.150. The molecule has 0 atom stereocenters. The van der Waals surface area contributed by atoms with E-state index in [9.17, 15) is 45.1 Å². The van der Waals surface area contributed by atoms with Gasteiger partial charge in [0, 0.05) is 46.8 Å². The molecule has 0 saturated carbocycles. The molecule has 6 N–H and O–H groups in total. The van der Waals surface area contributed by atoms with Crippen molar-refractivity contribution in [3.8, 4) is 34.5 Å². The number of rotatable bonds is 14. The monoisotopic (exact) mass is 920 g/mol. The van der Waals surface area contributed by atoms with Crippen molar-refractivity contribution in [2.24, 2.45) is 10.2 Å². The molecule has 334 valence electrons. The molecule has 0 heterocycles. The third kappa shape index (κ3) is 9.33. The molecule has 0 saturated heterocycles. The molecule has 22 nitrogen and oxygen atoms in total. The van der Waals surface area contributed by atoms with Crippen LogP contribution < -0.4 is 49.9 Å². The lowest BCUT2D eigenvalue weighted by molar-refractivity contribution is -0.132. The zero-order valence-corrected chi connectivity index (χ0v) is 35.9. The highest BCUT2D eigenvalue weighted by Gasteiger charge is 2.35. The fourth-order valence-corrected chi connectivity index (χ4v) is 7.66. The highest BCUT2D eigenvalue weighted by atomic mass is 32.2. The van der Waals surface area contributed by atoms with Gasteiger partial charge in [-0.3, -0.25) is 39.1 Å². The minimum Gasteiger partial charge on any atom is -0.493 e. The first-order valence-corrected chi connectivity index (χ1v) is 20.9. The second-order valence-corrected chi connectivity index (χ2v) is 15.9. The molecule has 0 bridgehead atoms. The summed E-state index contributed by atoms with van der Waals surface area (Å²) in [7, 11) is -1.88. The molecular formula is C40H36N6O16S2. The van der Waals surface area contributed by atoms with E-state index >= 15 is 0 Å². The second-order valence-electron chi connectivity index (χ2n) is 13.1. The number of hydrazone groups is 2. The standard InChI is InChI=1S/C40H36N6O16S2/c1-57-27-15-23(16-28(58-2)37(27)61-5)43-45-33-31(63(51,52)53)13-19-11-21(7-9-25(19)35(33)47)41-39(49)40(50)42-22-8-10-26-20(12-22)14-32(64(54,55)56)34(36(26)48)46-44-24-17-29(59-3)38(62-6)30(18-24)60-4/h7-18,43-44H,1-6H3,(H,41,49)(H,42,50)(H,51,52,53)(H,54,55,56)/b45-33-,46-34-. The summed E-state index contributed by atoms with van der Waals surface area (Å²) >= 11 is 0. The maximum absolute atomic E-state index is 13.6. The SMILES string of the molecule is COc1cc(N/N=C2\C(=O)c3ccc(NC(=O)C(=O)Nc4ccc5c(c4)C=C(S(=O)(=O)O)/C(=N/Nc4cc(OC)c(OC)c(OC)c4)C5=O)cc3C=C2S(=O)(=O)O)cc(OC)c1OC. The summed E-state index contributed by atoms with van der Waals surface area (Å²) in [6.07, 6.45) is 1.89. The molecule has 64 heavy (non-hydrogen) atoms.